The lowest BCUT2D eigenvalue weighted by Crippen LogP contribution is -2.41. The molecule has 0 unspecified atom stereocenters. The molecule has 0 radical (unpaired) electrons. The van der Waals surface area contributed by atoms with Gasteiger partial charge >= 0.3 is 0 Å². The fourth-order valence-corrected chi connectivity index (χ4v) is 3.40. The smallest absolute Gasteiger partial charge is 0.274 e. The van der Waals surface area contributed by atoms with E-state index in [0.29, 0.717) is 11.4 Å². The van der Waals surface area contributed by atoms with E-state index in [4.69, 9.17) is 4.52 Å². The van der Waals surface area contributed by atoms with Crippen molar-refractivity contribution in [1.29, 1.82) is 0 Å². The Labute approximate surface area is 157 Å². The molecule has 1 aliphatic carbocycles. The van der Waals surface area contributed by atoms with Crippen LogP contribution >= 0.6 is 0 Å². The van der Waals surface area contributed by atoms with Gasteiger partial charge in [-0.15, -0.1) is 5.10 Å². The summed E-state index contributed by atoms with van der Waals surface area (Å²) in [6.45, 7) is 3.81. The average Bonchev–Trinajstić information content (AvgIpc) is 3.25. The molecule has 27 heavy (non-hydrogen) atoms. The van der Waals surface area contributed by atoms with Crippen LogP contribution in [0.1, 0.15) is 60.6 Å². The lowest BCUT2D eigenvalue weighted by molar-refractivity contribution is 0.0900. The highest BCUT2D eigenvalue weighted by Gasteiger charge is 2.30. The summed E-state index contributed by atoms with van der Waals surface area (Å²) in [6.07, 6.45) is 6.81. The molecule has 1 aromatic carbocycles. The molecule has 0 spiro atoms. The second-order valence-corrected chi connectivity index (χ2v) is 7.46. The lowest BCUT2D eigenvalue weighted by atomic mass is 10.0. The Bertz CT molecular complexity index is 942. The minimum atomic E-state index is -0.694. The standard InChI is InChI=1S/C20H23N5O2/c1-20(2,17-13-25(24-22-17)14-9-5-3-6-10-14)21-19(26)18-15-11-7-4-8-12-16(15)27-23-18/h3,5-6,9-10,13H,4,7-8,11-12H2,1-2H3,(H,21,26). The lowest BCUT2D eigenvalue weighted by Gasteiger charge is -2.23. The number of nitrogens with one attached hydrogen (secondary N) is 1. The van der Waals surface area contributed by atoms with Gasteiger partial charge in [0.25, 0.3) is 5.91 Å². The molecule has 3 aromatic rings. The maximum Gasteiger partial charge on any atom is 0.274 e. The third kappa shape index (κ3) is 3.49. The summed E-state index contributed by atoms with van der Waals surface area (Å²) in [5.41, 5.74) is 2.25. The summed E-state index contributed by atoms with van der Waals surface area (Å²) in [4.78, 5) is 12.9. The number of para-hydroxylation sites is 1. The van der Waals surface area contributed by atoms with Crippen molar-refractivity contribution in [3.8, 4) is 5.69 Å². The molecule has 1 amide bonds. The van der Waals surface area contributed by atoms with Gasteiger partial charge in [0.1, 0.15) is 11.5 Å². The predicted molar refractivity (Wildman–Crippen MR) is 99.6 cm³/mol. The predicted octanol–water partition coefficient (Wildman–Crippen LogP) is 3.19. The van der Waals surface area contributed by atoms with Gasteiger partial charge in [0.2, 0.25) is 0 Å². The van der Waals surface area contributed by atoms with E-state index in [1.54, 1.807) is 4.68 Å². The summed E-state index contributed by atoms with van der Waals surface area (Å²) in [7, 11) is 0. The van der Waals surface area contributed by atoms with Gasteiger partial charge in [0.05, 0.1) is 17.4 Å². The molecule has 0 aliphatic heterocycles. The molecule has 7 heteroatoms. The van der Waals surface area contributed by atoms with Crippen molar-refractivity contribution >= 4 is 5.91 Å². The Kier molecular flexibility index (Phi) is 4.51. The number of benzene rings is 1. The van der Waals surface area contributed by atoms with Crippen LogP contribution in [0.2, 0.25) is 0 Å². The molecule has 2 aromatic heterocycles. The zero-order valence-electron chi connectivity index (χ0n) is 15.6. The van der Waals surface area contributed by atoms with Gasteiger partial charge in [-0.2, -0.15) is 0 Å². The Morgan fingerprint density at radius 3 is 2.74 bits per heavy atom. The van der Waals surface area contributed by atoms with E-state index < -0.39 is 5.54 Å². The number of amides is 1. The number of aryl methyl sites for hydroxylation is 1. The highest BCUT2D eigenvalue weighted by Crippen LogP contribution is 2.25. The van der Waals surface area contributed by atoms with Crippen LogP contribution in [0.5, 0.6) is 0 Å². The molecule has 140 valence electrons. The van der Waals surface area contributed by atoms with Crippen molar-refractivity contribution in [2.24, 2.45) is 0 Å². The zero-order valence-corrected chi connectivity index (χ0v) is 15.6. The first kappa shape index (κ1) is 17.5. The summed E-state index contributed by atoms with van der Waals surface area (Å²) in [5.74, 6) is 0.617. The molecule has 0 fully saturated rings. The second-order valence-electron chi connectivity index (χ2n) is 7.46. The van der Waals surface area contributed by atoms with E-state index in [-0.39, 0.29) is 5.91 Å². The molecule has 1 aliphatic rings. The largest absolute Gasteiger partial charge is 0.360 e. The zero-order chi connectivity index (χ0) is 18.9. The molecule has 7 nitrogen and oxygen atoms in total. The van der Waals surface area contributed by atoms with E-state index in [0.717, 1.165) is 49.1 Å². The summed E-state index contributed by atoms with van der Waals surface area (Å²) >= 11 is 0. The van der Waals surface area contributed by atoms with Crippen molar-refractivity contribution in [2.45, 2.75) is 51.5 Å². The van der Waals surface area contributed by atoms with Gasteiger partial charge in [-0.25, -0.2) is 4.68 Å². The highest BCUT2D eigenvalue weighted by molar-refractivity contribution is 5.94. The number of carbonyl (C=O) groups excluding carboxylic acids is 1. The van der Waals surface area contributed by atoms with Crippen LogP contribution in [0.15, 0.2) is 41.1 Å². The Balaban J connectivity index is 1.54. The molecule has 2 heterocycles. The SMILES string of the molecule is CC(C)(NC(=O)c1noc2c1CCCCC2)c1cn(-c2ccccc2)nn1. The number of rotatable bonds is 4. The monoisotopic (exact) mass is 365 g/mol. The number of aromatic nitrogens is 4. The van der Waals surface area contributed by atoms with E-state index >= 15 is 0 Å². The van der Waals surface area contributed by atoms with Crippen LogP contribution in [0, 0.1) is 0 Å². The Hall–Kier alpha value is -2.96. The number of carbonyl (C=O) groups is 1. The third-order valence-electron chi connectivity index (χ3n) is 5.00. The minimum Gasteiger partial charge on any atom is -0.360 e. The molecule has 1 N–H and O–H groups in total. The van der Waals surface area contributed by atoms with Crippen LogP contribution in [-0.4, -0.2) is 26.1 Å². The topological polar surface area (TPSA) is 85.8 Å². The number of nitrogens with zero attached hydrogens (tertiary/aromatic N) is 4. The minimum absolute atomic E-state index is 0.235. The van der Waals surface area contributed by atoms with Gasteiger partial charge < -0.3 is 9.84 Å². The third-order valence-corrected chi connectivity index (χ3v) is 5.00. The van der Waals surface area contributed by atoms with Crippen LogP contribution < -0.4 is 5.32 Å². The maximum absolute atomic E-state index is 12.9. The van der Waals surface area contributed by atoms with E-state index in [2.05, 4.69) is 20.8 Å². The van der Waals surface area contributed by atoms with Crippen LogP contribution in [-0.2, 0) is 18.4 Å². The van der Waals surface area contributed by atoms with Crippen molar-refractivity contribution < 1.29 is 9.32 Å². The highest BCUT2D eigenvalue weighted by atomic mass is 16.5. The van der Waals surface area contributed by atoms with Gasteiger partial charge in [-0.1, -0.05) is 35.0 Å². The first-order chi connectivity index (χ1) is 13.0. The van der Waals surface area contributed by atoms with Crippen LogP contribution in [0.3, 0.4) is 0 Å². The first-order valence-electron chi connectivity index (χ1n) is 9.33. The van der Waals surface area contributed by atoms with Gasteiger partial charge in [0, 0.05) is 12.0 Å². The van der Waals surface area contributed by atoms with Gasteiger partial charge in [-0.05, 0) is 45.2 Å². The molecule has 4 rings (SSSR count). The van der Waals surface area contributed by atoms with Crippen molar-refractivity contribution in [2.75, 3.05) is 0 Å². The van der Waals surface area contributed by atoms with Crippen molar-refractivity contribution in [3.63, 3.8) is 0 Å². The molecular formula is C20H23N5O2. The Morgan fingerprint density at radius 1 is 1.15 bits per heavy atom. The van der Waals surface area contributed by atoms with E-state index in [1.165, 1.54) is 0 Å². The molecule has 0 atom stereocenters. The van der Waals surface area contributed by atoms with E-state index in [9.17, 15) is 4.79 Å². The first-order valence-corrected chi connectivity index (χ1v) is 9.33. The summed E-state index contributed by atoms with van der Waals surface area (Å²) < 4.78 is 7.13. The van der Waals surface area contributed by atoms with E-state index in [1.807, 2.05) is 50.4 Å². The van der Waals surface area contributed by atoms with Crippen molar-refractivity contribution in [1.82, 2.24) is 25.5 Å². The number of fused-ring (bicyclic) bond motifs is 1. The van der Waals surface area contributed by atoms with Crippen LogP contribution in [0.4, 0.5) is 0 Å². The average molecular weight is 365 g/mol. The number of hydrogen-bond acceptors (Lipinski definition) is 5. The summed E-state index contributed by atoms with van der Waals surface area (Å²) in [6, 6.07) is 9.75. The molecule has 0 saturated carbocycles. The van der Waals surface area contributed by atoms with Gasteiger partial charge in [-0.3, -0.25) is 4.79 Å². The normalized spacial score (nSPS) is 14.4. The molecular weight excluding hydrogens is 342 g/mol. The second kappa shape index (κ2) is 6.98. The quantitative estimate of drug-likeness (QED) is 0.718. The summed E-state index contributed by atoms with van der Waals surface area (Å²) in [5, 5.41) is 15.5. The molecule has 0 bridgehead atoms. The fraction of sp³-hybridized carbons (Fsp3) is 0.400. The number of hydrogen-bond donors (Lipinski definition) is 1. The van der Waals surface area contributed by atoms with Crippen molar-refractivity contribution in [3.05, 3.63) is 59.2 Å². The maximum atomic E-state index is 12.9. The van der Waals surface area contributed by atoms with Gasteiger partial charge in [0.15, 0.2) is 5.69 Å². The van der Waals surface area contributed by atoms with Crippen LogP contribution in [0.25, 0.3) is 5.69 Å². The fourth-order valence-electron chi connectivity index (χ4n) is 3.40. The molecule has 0 saturated heterocycles. The Morgan fingerprint density at radius 2 is 1.93 bits per heavy atom.